The van der Waals surface area contributed by atoms with Crippen molar-refractivity contribution in [2.45, 2.75) is 12.0 Å². The van der Waals surface area contributed by atoms with Crippen LogP contribution in [0.4, 0.5) is 0 Å². The molecule has 0 fully saturated rings. The summed E-state index contributed by atoms with van der Waals surface area (Å²) in [5.41, 5.74) is 0.0936. The summed E-state index contributed by atoms with van der Waals surface area (Å²) >= 11 is 0. The van der Waals surface area contributed by atoms with Crippen LogP contribution < -0.4 is 10.0 Å². The standard InChI is InChI=1S/C12H20N2O6S/c1-9-10(12(15)19-3)8-11(20-9)21(16,17)14-5-4-13-6-7-18-2/h8,13-14H,4-7H2,1-3H3. The number of sulfonamides is 1. The fourth-order valence-corrected chi connectivity index (χ4v) is 2.56. The van der Waals surface area contributed by atoms with E-state index >= 15 is 0 Å². The lowest BCUT2D eigenvalue weighted by Crippen LogP contribution is -2.33. The number of methoxy groups -OCH3 is 2. The minimum Gasteiger partial charge on any atom is -0.465 e. The molecule has 1 rings (SSSR count). The second-order valence-corrected chi connectivity index (χ2v) is 5.87. The van der Waals surface area contributed by atoms with Crippen molar-refractivity contribution in [3.63, 3.8) is 0 Å². The Hall–Kier alpha value is -1.42. The Morgan fingerprint density at radius 3 is 2.62 bits per heavy atom. The normalized spacial score (nSPS) is 11.6. The minimum absolute atomic E-state index is 0.0936. The summed E-state index contributed by atoms with van der Waals surface area (Å²) in [6.07, 6.45) is 0. The summed E-state index contributed by atoms with van der Waals surface area (Å²) in [6.45, 7) is 3.32. The maximum atomic E-state index is 12.0. The number of hydrogen-bond acceptors (Lipinski definition) is 7. The molecule has 8 nitrogen and oxygen atoms in total. The Kier molecular flexibility index (Phi) is 6.82. The van der Waals surface area contributed by atoms with Crippen molar-refractivity contribution in [1.82, 2.24) is 10.0 Å². The Labute approximate surface area is 123 Å². The lowest BCUT2D eigenvalue weighted by atomic mass is 10.3. The molecule has 2 N–H and O–H groups in total. The second-order valence-electron chi connectivity index (χ2n) is 4.17. The number of furan rings is 1. The predicted molar refractivity (Wildman–Crippen MR) is 74.7 cm³/mol. The van der Waals surface area contributed by atoms with Crippen LogP contribution in [-0.2, 0) is 19.5 Å². The van der Waals surface area contributed by atoms with Crippen LogP contribution in [0.1, 0.15) is 16.1 Å². The van der Waals surface area contributed by atoms with Gasteiger partial charge in [-0.3, -0.25) is 0 Å². The molecule has 0 aliphatic rings. The zero-order chi connectivity index (χ0) is 15.9. The lowest BCUT2D eigenvalue weighted by Gasteiger charge is -2.05. The molecule has 0 amide bonds. The SMILES string of the molecule is COCCNCCNS(=O)(=O)c1cc(C(=O)OC)c(C)o1. The number of carbonyl (C=O) groups is 1. The Morgan fingerprint density at radius 1 is 1.29 bits per heavy atom. The summed E-state index contributed by atoms with van der Waals surface area (Å²) < 4.78 is 40.8. The van der Waals surface area contributed by atoms with Gasteiger partial charge in [-0.1, -0.05) is 0 Å². The molecule has 0 unspecified atom stereocenters. The topological polar surface area (TPSA) is 107 Å². The van der Waals surface area contributed by atoms with E-state index in [-0.39, 0.29) is 23.0 Å². The van der Waals surface area contributed by atoms with E-state index in [0.29, 0.717) is 19.7 Å². The maximum absolute atomic E-state index is 12.0. The van der Waals surface area contributed by atoms with E-state index in [1.165, 1.54) is 14.0 Å². The van der Waals surface area contributed by atoms with Crippen LogP contribution >= 0.6 is 0 Å². The third-order valence-corrected chi connectivity index (χ3v) is 3.96. The molecule has 0 radical (unpaired) electrons. The van der Waals surface area contributed by atoms with Gasteiger partial charge in [0.15, 0.2) is 0 Å². The molecule has 1 heterocycles. The van der Waals surface area contributed by atoms with Gasteiger partial charge in [0.1, 0.15) is 11.3 Å². The molecular formula is C12H20N2O6S. The third-order valence-electron chi connectivity index (χ3n) is 2.64. The van der Waals surface area contributed by atoms with E-state index in [1.54, 1.807) is 7.11 Å². The zero-order valence-corrected chi connectivity index (χ0v) is 13.1. The Morgan fingerprint density at radius 2 is 2.00 bits per heavy atom. The molecule has 0 spiro atoms. The molecule has 21 heavy (non-hydrogen) atoms. The third kappa shape index (κ3) is 5.12. The fraction of sp³-hybridized carbons (Fsp3) is 0.583. The molecule has 0 aliphatic carbocycles. The van der Waals surface area contributed by atoms with Gasteiger partial charge in [0, 0.05) is 32.8 Å². The van der Waals surface area contributed by atoms with Gasteiger partial charge in [0.25, 0.3) is 10.0 Å². The van der Waals surface area contributed by atoms with Gasteiger partial charge in [-0.15, -0.1) is 0 Å². The van der Waals surface area contributed by atoms with Crippen molar-refractivity contribution < 1.29 is 27.1 Å². The smallest absolute Gasteiger partial charge is 0.341 e. The Bertz CT molecular complexity index is 566. The minimum atomic E-state index is -3.79. The molecule has 0 saturated carbocycles. The highest BCUT2D eigenvalue weighted by Gasteiger charge is 2.23. The highest BCUT2D eigenvalue weighted by Crippen LogP contribution is 2.19. The number of aryl methyl sites for hydroxylation is 1. The van der Waals surface area contributed by atoms with Gasteiger partial charge in [0.2, 0.25) is 5.09 Å². The summed E-state index contributed by atoms with van der Waals surface area (Å²) in [7, 11) is -0.991. The van der Waals surface area contributed by atoms with Gasteiger partial charge in [0.05, 0.1) is 13.7 Å². The highest BCUT2D eigenvalue weighted by molar-refractivity contribution is 7.89. The molecule has 9 heteroatoms. The van der Waals surface area contributed by atoms with Gasteiger partial charge >= 0.3 is 5.97 Å². The van der Waals surface area contributed by atoms with Crippen LogP contribution in [-0.4, -0.2) is 54.8 Å². The number of rotatable bonds is 9. The van der Waals surface area contributed by atoms with Crippen LogP contribution in [0, 0.1) is 6.92 Å². The Balaban J connectivity index is 2.60. The fourth-order valence-electron chi connectivity index (χ4n) is 1.54. The number of hydrogen-bond donors (Lipinski definition) is 2. The van der Waals surface area contributed by atoms with Crippen LogP contribution in [0.5, 0.6) is 0 Å². The molecule has 0 atom stereocenters. The summed E-state index contributed by atoms with van der Waals surface area (Å²) in [4.78, 5) is 11.4. The first-order valence-corrected chi connectivity index (χ1v) is 7.78. The largest absolute Gasteiger partial charge is 0.465 e. The molecule has 120 valence electrons. The monoisotopic (exact) mass is 320 g/mol. The van der Waals surface area contributed by atoms with Crippen molar-refractivity contribution in [3.05, 3.63) is 17.4 Å². The molecular weight excluding hydrogens is 300 g/mol. The first kappa shape index (κ1) is 17.6. The van der Waals surface area contributed by atoms with Crippen molar-refractivity contribution in [2.24, 2.45) is 0 Å². The molecule has 1 aromatic rings. The van der Waals surface area contributed by atoms with Crippen LogP contribution in [0.15, 0.2) is 15.6 Å². The van der Waals surface area contributed by atoms with Gasteiger partial charge in [-0.05, 0) is 6.92 Å². The molecule has 1 aromatic heterocycles. The predicted octanol–water partition coefficient (Wildman–Crippen LogP) is -0.111. The van der Waals surface area contributed by atoms with Crippen molar-refractivity contribution in [1.29, 1.82) is 0 Å². The maximum Gasteiger partial charge on any atom is 0.341 e. The van der Waals surface area contributed by atoms with E-state index in [4.69, 9.17) is 9.15 Å². The first-order valence-electron chi connectivity index (χ1n) is 6.30. The first-order chi connectivity index (χ1) is 9.92. The number of nitrogens with one attached hydrogen (secondary N) is 2. The summed E-state index contributed by atoms with van der Waals surface area (Å²) in [5, 5.41) is 2.69. The van der Waals surface area contributed by atoms with Crippen LogP contribution in [0.2, 0.25) is 0 Å². The van der Waals surface area contributed by atoms with E-state index in [2.05, 4.69) is 14.8 Å². The van der Waals surface area contributed by atoms with Crippen molar-refractivity contribution in [3.8, 4) is 0 Å². The average Bonchev–Trinajstić information content (AvgIpc) is 2.84. The second kappa shape index (κ2) is 8.13. The average molecular weight is 320 g/mol. The van der Waals surface area contributed by atoms with Crippen LogP contribution in [0.3, 0.4) is 0 Å². The molecule has 0 aliphatic heterocycles. The number of ether oxygens (including phenoxy) is 2. The van der Waals surface area contributed by atoms with Crippen molar-refractivity contribution in [2.75, 3.05) is 40.5 Å². The summed E-state index contributed by atoms with van der Waals surface area (Å²) in [5.74, 6) is -0.445. The quantitative estimate of drug-likeness (QED) is 0.483. The lowest BCUT2D eigenvalue weighted by molar-refractivity contribution is 0.0599. The number of carbonyl (C=O) groups excluding carboxylic acids is 1. The van der Waals surface area contributed by atoms with E-state index in [0.717, 1.165) is 6.07 Å². The van der Waals surface area contributed by atoms with E-state index in [9.17, 15) is 13.2 Å². The molecule has 0 aromatic carbocycles. The van der Waals surface area contributed by atoms with E-state index < -0.39 is 16.0 Å². The highest BCUT2D eigenvalue weighted by atomic mass is 32.2. The van der Waals surface area contributed by atoms with E-state index in [1.807, 2.05) is 0 Å². The zero-order valence-electron chi connectivity index (χ0n) is 12.3. The molecule has 0 bridgehead atoms. The summed E-state index contributed by atoms with van der Waals surface area (Å²) in [6, 6.07) is 1.15. The van der Waals surface area contributed by atoms with Gasteiger partial charge in [-0.25, -0.2) is 17.9 Å². The van der Waals surface area contributed by atoms with Gasteiger partial charge in [-0.2, -0.15) is 0 Å². The molecule has 0 saturated heterocycles. The van der Waals surface area contributed by atoms with Gasteiger partial charge < -0.3 is 19.2 Å². The number of esters is 1. The van der Waals surface area contributed by atoms with Crippen molar-refractivity contribution >= 4 is 16.0 Å². The van der Waals surface area contributed by atoms with Crippen LogP contribution in [0.25, 0.3) is 0 Å².